The van der Waals surface area contributed by atoms with E-state index in [4.69, 9.17) is 0 Å². The van der Waals surface area contributed by atoms with Gasteiger partial charge in [-0.3, -0.25) is 0 Å². The summed E-state index contributed by atoms with van der Waals surface area (Å²) < 4.78 is 4.13. The highest BCUT2D eigenvalue weighted by Gasteiger charge is 2.48. The first-order valence-electron chi connectivity index (χ1n) is 5.40. The summed E-state index contributed by atoms with van der Waals surface area (Å²) in [6.07, 6.45) is 2.70. The molecule has 88 valence electrons. The molecule has 0 aliphatic heterocycles. The van der Waals surface area contributed by atoms with Crippen LogP contribution in [0.2, 0.25) is 0 Å². The van der Waals surface area contributed by atoms with Crippen LogP contribution in [0, 0.1) is 5.92 Å². The average molecular weight is 241 g/mol. The third kappa shape index (κ3) is 2.02. The van der Waals surface area contributed by atoms with Gasteiger partial charge in [-0.1, -0.05) is 6.92 Å². The Labute approximate surface area is 98.1 Å². The van der Waals surface area contributed by atoms with Crippen LogP contribution in [0.3, 0.4) is 0 Å². The number of carboxylic acids is 1. The number of aryl methyl sites for hydroxylation is 1. The van der Waals surface area contributed by atoms with E-state index >= 15 is 0 Å². The third-order valence-electron chi connectivity index (χ3n) is 2.99. The largest absolute Gasteiger partial charge is 0.480 e. The maximum atomic E-state index is 11.3. The van der Waals surface area contributed by atoms with Gasteiger partial charge in [-0.05, 0) is 25.7 Å². The number of carbonyl (C=O) groups is 1. The Hall–Kier alpha value is -1.17. The monoisotopic (exact) mass is 241 g/mol. The number of anilines is 1. The number of hydrogen-bond donors (Lipinski definition) is 2. The SMILES string of the molecule is CCc1nsc(NC(C)(C(=O)O)C2CC2)n1. The lowest BCUT2D eigenvalue weighted by Gasteiger charge is -2.25. The summed E-state index contributed by atoms with van der Waals surface area (Å²) in [5.41, 5.74) is -0.898. The number of nitrogens with one attached hydrogen (secondary N) is 1. The summed E-state index contributed by atoms with van der Waals surface area (Å²) in [4.78, 5) is 15.5. The third-order valence-corrected chi connectivity index (χ3v) is 3.66. The van der Waals surface area contributed by atoms with Gasteiger partial charge in [0.05, 0.1) is 0 Å². The van der Waals surface area contributed by atoms with Crippen molar-refractivity contribution < 1.29 is 9.90 Å². The summed E-state index contributed by atoms with van der Waals surface area (Å²) in [7, 11) is 0. The summed E-state index contributed by atoms with van der Waals surface area (Å²) in [6.45, 7) is 3.70. The number of aliphatic carboxylic acids is 1. The van der Waals surface area contributed by atoms with E-state index in [-0.39, 0.29) is 5.92 Å². The Morgan fingerprint density at radius 2 is 2.38 bits per heavy atom. The molecule has 0 saturated heterocycles. The molecule has 1 fully saturated rings. The van der Waals surface area contributed by atoms with Crippen LogP contribution in [0.25, 0.3) is 0 Å². The normalized spacial score (nSPS) is 19.1. The zero-order valence-electron chi connectivity index (χ0n) is 9.36. The predicted octanol–water partition coefficient (Wildman–Crippen LogP) is 1.77. The van der Waals surface area contributed by atoms with E-state index in [0.29, 0.717) is 5.13 Å². The van der Waals surface area contributed by atoms with Crippen LogP contribution >= 0.6 is 11.5 Å². The van der Waals surface area contributed by atoms with Gasteiger partial charge < -0.3 is 10.4 Å². The van der Waals surface area contributed by atoms with Crippen LogP contribution in [0.5, 0.6) is 0 Å². The molecule has 1 aliphatic rings. The van der Waals surface area contributed by atoms with E-state index in [1.54, 1.807) is 6.92 Å². The van der Waals surface area contributed by atoms with Crippen LogP contribution in [-0.2, 0) is 11.2 Å². The molecule has 1 aromatic rings. The molecule has 1 atom stereocenters. The Morgan fingerprint density at radius 3 is 2.81 bits per heavy atom. The highest BCUT2D eigenvalue weighted by Crippen LogP contribution is 2.41. The highest BCUT2D eigenvalue weighted by molar-refractivity contribution is 7.09. The molecule has 1 heterocycles. The minimum absolute atomic E-state index is 0.207. The molecule has 2 N–H and O–H groups in total. The molecule has 0 radical (unpaired) electrons. The van der Waals surface area contributed by atoms with Crippen molar-refractivity contribution in [1.29, 1.82) is 0 Å². The second-order valence-electron chi connectivity index (χ2n) is 4.28. The van der Waals surface area contributed by atoms with Crippen molar-refractivity contribution in [3.8, 4) is 0 Å². The Bertz CT molecular complexity index is 403. The summed E-state index contributed by atoms with van der Waals surface area (Å²) in [5, 5.41) is 12.9. The zero-order valence-corrected chi connectivity index (χ0v) is 10.2. The zero-order chi connectivity index (χ0) is 11.8. The average Bonchev–Trinajstić information content (AvgIpc) is 3.00. The second-order valence-corrected chi connectivity index (χ2v) is 5.03. The molecule has 0 aromatic carbocycles. The van der Waals surface area contributed by atoms with Gasteiger partial charge in [0.15, 0.2) is 0 Å². The molecule has 1 unspecified atom stereocenters. The Morgan fingerprint density at radius 1 is 1.69 bits per heavy atom. The van der Waals surface area contributed by atoms with E-state index in [1.807, 2.05) is 6.92 Å². The molecule has 6 heteroatoms. The van der Waals surface area contributed by atoms with Crippen LogP contribution in [0.4, 0.5) is 5.13 Å². The maximum absolute atomic E-state index is 11.3. The van der Waals surface area contributed by atoms with Crippen molar-refractivity contribution in [3.05, 3.63) is 5.82 Å². The van der Waals surface area contributed by atoms with Gasteiger partial charge in [-0.25, -0.2) is 9.78 Å². The minimum atomic E-state index is -0.898. The fourth-order valence-corrected chi connectivity index (χ4v) is 2.43. The standard InChI is InChI=1S/C10H15N3O2S/c1-3-7-11-9(16-13-7)12-10(2,8(14)15)6-4-5-6/h6H,3-5H2,1-2H3,(H,14,15)(H,11,12,13). The van der Waals surface area contributed by atoms with E-state index in [2.05, 4.69) is 14.7 Å². The number of rotatable bonds is 5. The Kier molecular flexibility index (Phi) is 2.84. The minimum Gasteiger partial charge on any atom is -0.480 e. The first kappa shape index (κ1) is 11.3. The van der Waals surface area contributed by atoms with Gasteiger partial charge in [0.2, 0.25) is 5.13 Å². The lowest BCUT2D eigenvalue weighted by atomic mass is 9.96. The lowest BCUT2D eigenvalue weighted by molar-refractivity contribution is -0.142. The maximum Gasteiger partial charge on any atom is 0.329 e. The molecule has 0 amide bonds. The smallest absolute Gasteiger partial charge is 0.329 e. The van der Waals surface area contributed by atoms with E-state index in [1.165, 1.54) is 11.5 Å². The molecule has 16 heavy (non-hydrogen) atoms. The fraction of sp³-hybridized carbons (Fsp3) is 0.700. The van der Waals surface area contributed by atoms with Gasteiger partial charge in [0.25, 0.3) is 0 Å². The number of nitrogens with zero attached hydrogens (tertiary/aromatic N) is 2. The fourth-order valence-electron chi connectivity index (χ4n) is 1.66. The topological polar surface area (TPSA) is 75.1 Å². The molecule has 1 saturated carbocycles. The van der Waals surface area contributed by atoms with E-state index < -0.39 is 11.5 Å². The van der Waals surface area contributed by atoms with Crippen molar-refractivity contribution in [2.45, 2.75) is 38.6 Å². The molecule has 1 aromatic heterocycles. The summed E-state index contributed by atoms with van der Waals surface area (Å²) in [5.74, 6) is 0.151. The van der Waals surface area contributed by atoms with Gasteiger partial charge in [-0.2, -0.15) is 4.37 Å². The van der Waals surface area contributed by atoms with Crippen molar-refractivity contribution in [2.75, 3.05) is 5.32 Å². The number of hydrogen-bond acceptors (Lipinski definition) is 5. The van der Waals surface area contributed by atoms with Crippen molar-refractivity contribution in [3.63, 3.8) is 0 Å². The van der Waals surface area contributed by atoms with Crippen LogP contribution in [0.1, 0.15) is 32.5 Å². The van der Waals surface area contributed by atoms with Gasteiger partial charge >= 0.3 is 5.97 Å². The molecule has 2 rings (SSSR count). The molecule has 0 spiro atoms. The lowest BCUT2D eigenvalue weighted by Crippen LogP contribution is -2.45. The first-order chi connectivity index (χ1) is 7.56. The first-order valence-corrected chi connectivity index (χ1v) is 6.17. The van der Waals surface area contributed by atoms with Crippen molar-refractivity contribution >= 4 is 22.6 Å². The molecule has 1 aliphatic carbocycles. The molecular weight excluding hydrogens is 226 g/mol. The van der Waals surface area contributed by atoms with Crippen molar-refractivity contribution in [2.24, 2.45) is 5.92 Å². The molecular formula is C10H15N3O2S. The number of aromatic nitrogens is 2. The van der Waals surface area contributed by atoms with Gasteiger partial charge in [0, 0.05) is 18.0 Å². The van der Waals surface area contributed by atoms with E-state index in [9.17, 15) is 9.90 Å². The quantitative estimate of drug-likeness (QED) is 0.821. The number of carboxylic acid groups (broad SMARTS) is 1. The van der Waals surface area contributed by atoms with Crippen LogP contribution < -0.4 is 5.32 Å². The summed E-state index contributed by atoms with van der Waals surface area (Å²) in [6, 6.07) is 0. The molecule has 5 nitrogen and oxygen atoms in total. The van der Waals surface area contributed by atoms with Gasteiger partial charge in [0.1, 0.15) is 11.4 Å². The predicted molar refractivity (Wildman–Crippen MR) is 61.7 cm³/mol. The highest BCUT2D eigenvalue weighted by atomic mass is 32.1. The van der Waals surface area contributed by atoms with Crippen LogP contribution in [0.15, 0.2) is 0 Å². The van der Waals surface area contributed by atoms with Gasteiger partial charge in [-0.15, -0.1) is 0 Å². The van der Waals surface area contributed by atoms with E-state index in [0.717, 1.165) is 25.1 Å². The summed E-state index contributed by atoms with van der Waals surface area (Å²) >= 11 is 1.23. The Balaban J connectivity index is 2.14. The van der Waals surface area contributed by atoms with Crippen molar-refractivity contribution in [1.82, 2.24) is 9.36 Å². The molecule has 0 bridgehead atoms. The second kappa shape index (κ2) is 4.01. The van der Waals surface area contributed by atoms with Crippen LogP contribution in [-0.4, -0.2) is 26.0 Å².